The van der Waals surface area contributed by atoms with Crippen LogP contribution in [0.25, 0.3) is 44.4 Å². The van der Waals surface area contributed by atoms with E-state index in [-0.39, 0.29) is 46.3 Å². The van der Waals surface area contributed by atoms with Crippen LogP contribution in [0.5, 0.6) is 5.75 Å². The van der Waals surface area contributed by atoms with Crippen LogP contribution >= 0.6 is 0 Å². The van der Waals surface area contributed by atoms with Crippen molar-refractivity contribution in [3.8, 4) is 28.1 Å². The predicted molar refractivity (Wildman–Crippen MR) is 153 cm³/mol. The van der Waals surface area contributed by atoms with Gasteiger partial charge in [-0.1, -0.05) is 18.2 Å². The largest absolute Gasteiger partial charge is 0.491 e. The summed E-state index contributed by atoms with van der Waals surface area (Å²) in [5.41, 5.74) is 8.62. The number of nitrogens with two attached hydrogens (primary N) is 1. The van der Waals surface area contributed by atoms with E-state index >= 15 is 0 Å². The van der Waals surface area contributed by atoms with E-state index < -0.39 is 17.1 Å². The number of halogens is 2. The topological polar surface area (TPSA) is 109 Å². The van der Waals surface area contributed by atoms with Crippen LogP contribution in [-0.2, 0) is 6.54 Å². The summed E-state index contributed by atoms with van der Waals surface area (Å²) >= 11 is 0. The minimum absolute atomic E-state index is 0.0148. The number of rotatable bonds is 6. The first-order valence-corrected chi connectivity index (χ1v) is 13.0. The zero-order chi connectivity index (χ0) is 28.8. The number of ether oxygens (including phenoxy) is 1. The second-order valence-corrected chi connectivity index (χ2v) is 9.96. The lowest BCUT2D eigenvalue weighted by atomic mass is 10.0. The number of anilines is 1. The van der Waals surface area contributed by atoms with E-state index in [1.807, 2.05) is 39.0 Å². The first-order valence-electron chi connectivity index (χ1n) is 13.0. The van der Waals surface area contributed by atoms with Crippen LogP contribution in [0.1, 0.15) is 25.2 Å². The molecular weight excluding hydrogens is 528 g/mol. The van der Waals surface area contributed by atoms with Gasteiger partial charge in [0.05, 0.1) is 17.1 Å². The lowest BCUT2D eigenvalue weighted by Crippen LogP contribution is -2.14. The molecule has 6 aromatic rings. The van der Waals surface area contributed by atoms with E-state index in [0.29, 0.717) is 16.7 Å². The van der Waals surface area contributed by atoms with Gasteiger partial charge in [-0.2, -0.15) is 5.10 Å². The Morgan fingerprint density at radius 1 is 1.00 bits per heavy atom. The van der Waals surface area contributed by atoms with E-state index in [1.54, 1.807) is 10.7 Å². The van der Waals surface area contributed by atoms with Gasteiger partial charge >= 0.3 is 0 Å². The van der Waals surface area contributed by atoms with Gasteiger partial charge in [-0.15, -0.1) is 0 Å². The molecule has 0 saturated carbocycles. The molecule has 0 aliphatic heterocycles. The van der Waals surface area contributed by atoms with Gasteiger partial charge in [0.25, 0.3) is 0 Å². The molecule has 0 aliphatic carbocycles. The Morgan fingerprint density at radius 3 is 2.56 bits per heavy atom. The minimum atomic E-state index is -0.729. The molecule has 3 heterocycles. The van der Waals surface area contributed by atoms with E-state index in [4.69, 9.17) is 20.0 Å². The van der Waals surface area contributed by atoms with Gasteiger partial charge in [0.1, 0.15) is 58.5 Å². The van der Waals surface area contributed by atoms with Gasteiger partial charge in [0, 0.05) is 5.56 Å². The molecule has 206 valence electrons. The van der Waals surface area contributed by atoms with Crippen LogP contribution in [-0.4, -0.2) is 25.9 Å². The van der Waals surface area contributed by atoms with Crippen molar-refractivity contribution in [3.05, 3.63) is 100 Å². The van der Waals surface area contributed by atoms with Crippen molar-refractivity contribution in [2.45, 2.75) is 33.4 Å². The second-order valence-electron chi connectivity index (χ2n) is 9.96. The number of nitrogen functional groups attached to an aromatic ring is 1. The zero-order valence-electron chi connectivity index (χ0n) is 22.5. The fourth-order valence-corrected chi connectivity index (χ4v) is 4.95. The number of aromatic nitrogens is 4. The third-order valence-electron chi connectivity index (χ3n) is 6.72. The summed E-state index contributed by atoms with van der Waals surface area (Å²) < 4.78 is 42.5. The summed E-state index contributed by atoms with van der Waals surface area (Å²) in [6, 6.07) is 15.3. The van der Waals surface area contributed by atoms with Gasteiger partial charge in [0.15, 0.2) is 5.65 Å². The van der Waals surface area contributed by atoms with Gasteiger partial charge in [-0.25, -0.2) is 23.4 Å². The Morgan fingerprint density at radius 2 is 1.80 bits per heavy atom. The monoisotopic (exact) mass is 553 g/mol. The molecule has 6 rings (SSSR count). The first kappa shape index (κ1) is 26.1. The summed E-state index contributed by atoms with van der Waals surface area (Å²) in [6.45, 7) is 5.78. The normalized spacial score (nSPS) is 11.6. The highest BCUT2D eigenvalue weighted by Gasteiger charge is 2.23. The highest BCUT2D eigenvalue weighted by Crippen LogP contribution is 2.34. The quantitative estimate of drug-likeness (QED) is 0.259. The Kier molecular flexibility index (Phi) is 6.45. The standard InChI is InChI=1S/C31H25F2N5O3/c1-16(2)40-22-11-10-19(12-17(22)3)28-27-30(34)35-15-36-31(27)38(37-28)14-24-25(18-6-4-7-20(32)13-18)29(39)26-21(33)8-5-9-23(26)41-24/h4-13,15-16H,14H2,1-3H3,(H2,34,35,36). The van der Waals surface area contributed by atoms with Crippen LogP contribution in [0, 0.1) is 18.6 Å². The van der Waals surface area contributed by atoms with Crippen molar-refractivity contribution in [1.82, 2.24) is 19.7 Å². The van der Waals surface area contributed by atoms with Crippen LogP contribution < -0.4 is 15.9 Å². The molecule has 0 aliphatic rings. The lowest BCUT2D eigenvalue weighted by Gasteiger charge is -2.13. The molecule has 0 spiro atoms. The van der Waals surface area contributed by atoms with Crippen molar-refractivity contribution in [2.75, 3.05) is 5.73 Å². The average molecular weight is 554 g/mol. The molecule has 0 saturated heterocycles. The van der Waals surface area contributed by atoms with E-state index in [9.17, 15) is 13.6 Å². The molecule has 0 bridgehead atoms. The number of hydrogen-bond donors (Lipinski definition) is 1. The van der Waals surface area contributed by atoms with Crippen molar-refractivity contribution in [2.24, 2.45) is 0 Å². The predicted octanol–water partition coefficient (Wildman–Crippen LogP) is 6.27. The number of hydrogen-bond acceptors (Lipinski definition) is 7. The fourth-order valence-electron chi connectivity index (χ4n) is 4.95. The Labute approximate surface area is 233 Å². The maximum Gasteiger partial charge on any atom is 0.203 e. The van der Waals surface area contributed by atoms with Crippen molar-refractivity contribution in [3.63, 3.8) is 0 Å². The van der Waals surface area contributed by atoms with Gasteiger partial charge in [0.2, 0.25) is 5.43 Å². The van der Waals surface area contributed by atoms with Crippen LogP contribution in [0.3, 0.4) is 0 Å². The highest BCUT2D eigenvalue weighted by molar-refractivity contribution is 5.98. The number of nitrogens with zero attached hydrogens (tertiary/aromatic N) is 4. The Balaban J connectivity index is 1.56. The van der Waals surface area contributed by atoms with Crippen molar-refractivity contribution >= 4 is 27.8 Å². The summed E-state index contributed by atoms with van der Waals surface area (Å²) in [5.74, 6) is -0.142. The summed E-state index contributed by atoms with van der Waals surface area (Å²) in [5, 5.41) is 5.11. The molecule has 0 amide bonds. The molecule has 41 heavy (non-hydrogen) atoms. The van der Waals surface area contributed by atoms with Gasteiger partial charge in [-0.05, 0) is 74.4 Å². The van der Waals surface area contributed by atoms with Crippen LogP contribution in [0.2, 0.25) is 0 Å². The molecule has 10 heteroatoms. The van der Waals surface area contributed by atoms with Gasteiger partial charge in [-0.3, -0.25) is 4.79 Å². The Bertz CT molecular complexity index is 2020. The number of benzene rings is 3. The maximum atomic E-state index is 14.8. The maximum absolute atomic E-state index is 14.8. The SMILES string of the molecule is Cc1cc(-c2nn(Cc3oc4cccc(F)c4c(=O)c3-c3cccc(F)c3)c3ncnc(N)c23)ccc1OC(C)C. The average Bonchev–Trinajstić information content (AvgIpc) is 3.29. The summed E-state index contributed by atoms with van der Waals surface area (Å²) in [7, 11) is 0. The first-order chi connectivity index (χ1) is 19.7. The third-order valence-corrected chi connectivity index (χ3v) is 6.72. The molecular formula is C31H25F2N5O3. The molecule has 0 radical (unpaired) electrons. The Hall–Kier alpha value is -5.12. The van der Waals surface area contributed by atoms with E-state index in [0.717, 1.165) is 16.9 Å². The number of fused-ring (bicyclic) bond motifs is 2. The minimum Gasteiger partial charge on any atom is -0.491 e. The molecule has 2 N–H and O–H groups in total. The van der Waals surface area contributed by atoms with Crippen LogP contribution in [0.15, 0.2) is 76.2 Å². The van der Waals surface area contributed by atoms with Crippen molar-refractivity contribution < 1.29 is 17.9 Å². The summed E-state index contributed by atoms with van der Waals surface area (Å²) in [6.07, 6.45) is 1.34. The molecule has 0 atom stereocenters. The second kappa shape index (κ2) is 10.1. The molecule has 3 aromatic carbocycles. The lowest BCUT2D eigenvalue weighted by molar-refractivity contribution is 0.241. The molecule has 0 unspecified atom stereocenters. The van der Waals surface area contributed by atoms with E-state index in [1.165, 1.54) is 42.7 Å². The number of aryl methyl sites for hydroxylation is 1. The smallest absolute Gasteiger partial charge is 0.203 e. The molecule has 8 nitrogen and oxygen atoms in total. The summed E-state index contributed by atoms with van der Waals surface area (Å²) in [4.78, 5) is 22.2. The van der Waals surface area contributed by atoms with Crippen LogP contribution in [0.4, 0.5) is 14.6 Å². The van der Waals surface area contributed by atoms with E-state index in [2.05, 4.69) is 9.97 Å². The highest BCUT2D eigenvalue weighted by atomic mass is 19.1. The fraction of sp³-hybridized carbons (Fsp3) is 0.161. The van der Waals surface area contributed by atoms with Crippen molar-refractivity contribution in [1.29, 1.82) is 0 Å². The molecule has 0 fully saturated rings. The molecule has 3 aromatic heterocycles. The zero-order valence-corrected chi connectivity index (χ0v) is 22.5. The third kappa shape index (κ3) is 4.67. The van der Waals surface area contributed by atoms with Gasteiger partial charge < -0.3 is 14.9 Å².